The molecule has 4 bridgehead atoms. The SMILES string of the molecule is O=C(OCCC(F)(F)C(F)(F)S(=O)(=O)OS(c1ccccc1)(c1ccccc1)c1ccccc1)C12CC3CC(CC(C3)C1)C2. The minimum absolute atomic E-state index is 0.226. The number of benzene rings is 3. The summed E-state index contributed by atoms with van der Waals surface area (Å²) in [4.78, 5) is 13.8. The lowest BCUT2D eigenvalue weighted by Crippen LogP contribution is -2.51. The van der Waals surface area contributed by atoms with Crippen molar-refractivity contribution in [1.29, 1.82) is 0 Å². The molecule has 44 heavy (non-hydrogen) atoms. The van der Waals surface area contributed by atoms with Crippen molar-refractivity contribution in [3.63, 3.8) is 0 Å². The Morgan fingerprint density at radius 1 is 0.705 bits per heavy atom. The quantitative estimate of drug-likeness (QED) is 0.154. The van der Waals surface area contributed by atoms with Crippen molar-refractivity contribution in [2.24, 2.45) is 23.2 Å². The van der Waals surface area contributed by atoms with Crippen molar-refractivity contribution < 1.29 is 39.1 Å². The highest BCUT2D eigenvalue weighted by Crippen LogP contribution is 2.71. The van der Waals surface area contributed by atoms with Gasteiger partial charge in [0.05, 0.1) is 18.4 Å². The molecular formula is C33H34F4O5S2. The van der Waals surface area contributed by atoms with Crippen LogP contribution in [0, 0.1) is 23.2 Å². The first kappa shape index (κ1) is 31.1. The Morgan fingerprint density at radius 3 is 1.48 bits per heavy atom. The zero-order valence-electron chi connectivity index (χ0n) is 23.9. The van der Waals surface area contributed by atoms with E-state index in [1.54, 1.807) is 54.6 Å². The zero-order chi connectivity index (χ0) is 31.2. The monoisotopic (exact) mass is 650 g/mol. The summed E-state index contributed by atoms with van der Waals surface area (Å²) in [6, 6.07) is 23.6. The van der Waals surface area contributed by atoms with Gasteiger partial charge in [-0.25, -0.2) is 3.63 Å². The molecule has 0 spiro atoms. The summed E-state index contributed by atoms with van der Waals surface area (Å²) >= 11 is 0. The van der Waals surface area contributed by atoms with Crippen molar-refractivity contribution >= 4 is 26.4 Å². The van der Waals surface area contributed by atoms with Crippen LogP contribution in [0.5, 0.6) is 0 Å². The predicted molar refractivity (Wildman–Crippen MR) is 158 cm³/mol. The van der Waals surface area contributed by atoms with Crippen LogP contribution in [0.4, 0.5) is 17.6 Å². The van der Waals surface area contributed by atoms with Crippen molar-refractivity contribution in [2.75, 3.05) is 6.61 Å². The zero-order valence-corrected chi connectivity index (χ0v) is 25.6. The van der Waals surface area contributed by atoms with E-state index in [4.69, 9.17) is 8.37 Å². The van der Waals surface area contributed by atoms with E-state index in [2.05, 4.69) is 0 Å². The molecule has 11 heteroatoms. The van der Waals surface area contributed by atoms with Gasteiger partial charge in [0, 0.05) is 14.7 Å². The number of ether oxygens (including phenoxy) is 1. The maximum Gasteiger partial charge on any atom is 0.432 e. The highest BCUT2D eigenvalue weighted by atomic mass is 32.3. The van der Waals surface area contributed by atoms with Gasteiger partial charge in [-0.05, 0) is 103 Å². The highest BCUT2D eigenvalue weighted by molar-refractivity contribution is 8.33. The van der Waals surface area contributed by atoms with Crippen LogP contribution < -0.4 is 0 Å². The third-order valence-electron chi connectivity index (χ3n) is 9.28. The summed E-state index contributed by atoms with van der Waals surface area (Å²) in [6.07, 6.45) is 3.33. The van der Waals surface area contributed by atoms with Crippen molar-refractivity contribution in [1.82, 2.24) is 0 Å². The number of carbonyl (C=O) groups is 1. The number of esters is 1. The average Bonchev–Trinajstić information content (AvgIpc) is 3.00. The Hall–Kier alpha value is -2.89. The number of hydrogen-bond acceptors (Lipinski definition) is 5. The Balaban J connectivity index is 1.27. The molecule has 0 N–H and O–H groups in total. The number of hydrogen-bond donors (Lipinski definition) is 0. The van der Waals surface area contributed by atoms with Gasteiger partial charge in [-0.15, -0.1) is 0 Å². The minimum Gasteiger partial charge on any atom is -0.465 e. The topological polar surface area (TPSA) is 69.7 Å². The van der Waals surface area contributed by atoms with E-state index in [9.17, 15) is 13.2 Å². The van der Waals surface area contributed by atoms with Gasteiger partial charge >= 0.3 is 27.3 Å². The Bertz CT molecular complexity index is 1450. The van der Waals surface area contributed by atoms with Crippen LogP contribution in [0.2, 0.25) is 0 Å². The van der Waals surface area contributed by atoms with E-state index in [0.29, 0.717) is 37.0 Å². The molecule has 0 heterocycles. The molecular weight excluding hydrogens is 616 g/mol. The van der Waals surface area contributed by atoms with E-state index in [1.807, 2.05) is 0 Å². The van der Waals surface area contributed by atoms with Gasteiger partial charge in [0.15, 0.2) is 0 Å². The first-order chi connectivity index (χ1) is 20.9. The molecule has 0 aliphatic heterocycles. The van der Waals surface area contributed by atoms with Crippen LogP contribution in [0.1, 0.15) is 44.9 Å². The summed E-state index contributed by atoms with van der Waals surface area (Å²) < 4.78 is 99.3. The van der Waals surface area contributed by atoms with Gasteiger partial charge in [-0.1, -0.05) is 54.6 Å². The second-order valence-electron chi connectivity index (χ2n) is 12.3. The fraction of sp³-hybridized carbons (Fsp3) is 0.424. The molecule has 3 aromatic rings. The molecule has 0 atom stereocenters. The smallest absolute Gasteiger partial charge is 0.432 e. The molecule has 0 unspecified atom stereocenters. The van der Waals surface area contributed by atoms with E-state index in [1.165, 1.54) is 36.4 Å². The molecule has 0 amide bonds. The van der Waals surface area contributed by atoms with Crippen molar-refractivity contribution in [2.45, 2.75) is 70.8 Å². The molecule has 7 rings (SSSR count). The van der Waals surface area contributed by atoms with Crippen molar-refractivity contribution in [3.05, 3.63) is 91.0 Å². The van der Waals surface area contributed by atoms with Crippen LogP contribution in [0.15, 0.2) is 106 Å². The first-order valence-corrected chi connectivity index (χ1v) is 17.7. The van der Waals surface area contributed by atoms with Crippen molar-refractivity contribution in [3.8, 4) is 0 Å². The van der Waals surface area contributed by atoms with Crippen LogP contribution in [0.3, 0.4) is 0 Å². The number of carbonyl (C=O) groups excluding carboxylic acids is 1. The fourth-order valence-corrected chi connectivity index (χ4v) is 12.9. The lowest BCUT2D eigenvalue weighted by Gasteiger charge is -2.55. The van der Waals surface area contributed by atoms with E-state index in [-0.39, 0.29) is 14.7 Å². The van der Waals surface area contributed by atoms with Crippen LogP contribution in [0.25, 0.3) is 0 Å². The summed E-state index contributed by atoms with van der Waals surface area (Å²) in [5.41, 5.74) is -0.758. The standard InChI is InChI=1S/C33H34F4O5S2/c34-32(35,16-17-41-30(38)31-21-24-18-25(22-31)20-26(19-24)23-31)33(36,37)44(39,40)42-43(27-10-4-1-5-11-27,28-12-6-2-7-13-28)29-14-8-3-9-15-29/h1-15,24-26H,16-23H2. The fourth-order valence-electron chi connectivity index (χ4n) is 7.65. The number of halogens is 4. The van der Waals surface area contributed by atoms with E-state index < -0.39 is 56.0 Å². The largest absolute Gasteiger partial charge is 0.465 e. The Labute approximate surface area is 256 Å². The summed E-state index contributed by atoms with van der Waals surface area (Å²) in [5.74, 6) is -4.56. The molecule has 0 saturated heterocycles. The second kappa shape index (κ2) is 11.5. The minimum atomic E-state index is -6.29. The Kier molecular flexibility index (Phi) is 8.11. The third-order valence-corrected chi connectivity index (χ3v) is 14.5. The highest BCUT2D eigenvalue weighted by Gasteiger charge is 2.68. The number of rotatable bonds is 11. The van der Waals surface area contributed by atoms with Gasteiger partial charge in [0.2, 0.25) is 0 Å². The van der Waals surface area contributed by atoms with Crippen LogP contribution >= 0.6 is 10.3 Å². The maximum atomic E-state index is 15.6. The lowest BCUT2D eigenvalue weighted by atomic mass is 9.49. The summed E-state index contributed by atoms with van der Waals surface area (Å²) in [5, 5.41) is -5.64. The van der Waals surface area contributed by atoms with E-state index in [0.717, 1.165) is 19.3 Å². The molecule has 0 radical (unpaired) electrons. The molecule has 5 nitrogen and oxygen atoms in total. The summed E-state index contributed by atoms with van der Waals surface area (Å²) in [6.45, 7) is -1.03. The molecule has 4 aliphatic rings. The molecule has 4 aliphatic carbocycles. The molecule has 236 valence electrons. The van der Waals surface area contributed by atoms with Gasteiger partial charge in [0.25, 0.3) is 0 Å². The molecule has 4 saturated carbocycles. The molecule has 0 aromatic heterocycles. The maximum absolute atomic E-state index is 15.6. The van der Waals surface area contributed by atoms with Gasteiger partial charge in [-0.2, -0.15) is 26.0 Å². The van der Waals surface area contributed by atoms with Crippen LogP contribution in [-0.4, -0.2) is 32.2 Å². The number of alkyl halides is 4. The second-order valence-corrected chi connectivity index (χ2v) is 16.8. The molecule has 3 aromatic carbocycles. The third kappa shape index (κ3) is 5.34. The predicted octanol–water partition coefficient (Wildman–Crippen LogP) is 8.61. The Morgan fingerprint density at radius 2 is 1.09 bits per heavy atom. The molecule has 4 fully saturated rings. The van der Waals surface area contributed by atoms with Gasteiger partial charge in [0.1, 0.15) is 0 Å². The van der Waals surface area contributed by atoms with Crippen LogP contribution in [-0.2, 0) is 23.3 Å². The average molecular weight is 651 g/mol. The van der Waals surface area contributed by atoms with E-state index >= 15 is 17.6 Å². The van der Waals surface area contributed by atoms with Gasteiger partial charge < -0.3 is 4.74 Å². The lowest BCUT2D eigenvalue weighted by molar-refractivity contribution is -0.185. The normalized spacial score (nSPS) is 25.5. The summed E-state index contributed by atoms with van der Waals surface area (Å²) in [7, 11) is -9.77. The first-order valence-electron chi connectivity index (χ1n) is 14.8. The van der Waals surface area contributed by atoms with Gasteiger partial charge in [-0.3, -0.25) is 4.79 Å².